The largest absolute Gasteiger partial charge is 0.352 e. The zero-order chi connectivity index (χ0) is 25.3. The average molecular weight is 511 g/mol. The molecule has 4 N–H and O–H groups in total. The lowest BCUT2D eigenvalue weighted by atomic mass is 9.95. The molecule has 0 radical (unpaired) electrons. The number of rotatable bonds is 13. The second kappa shape index (κ2) is 13.1. The third-order valence-corrected chi connectivity index (χ3v) is 7.39. The number of nitrogens with one attached hydrogen (secondary N) is 4. The number of piperazine rings is 1. The van der Waals surface area contributed by atoms with Gasteiger partial charge in [0.25, 0.3) is 0 Å². The van der Waals surface area contributed by atoms with E-state index in [9.17, 15) is 0 Å². The van der Waals surface area contributed by atoms with E-state index in [2.05, 4.69) is 58.1 Å². The molecule has 5 rings (SSSR count). The smallest absolute Gasteiger partial charge is 0.227 e. The third-order valence-electron chi connectivity index (χ3n) is 7.39. The van der Waals surface area contributed by atoms with Crippen LogP contribution in [0.25, 0.3) is 11.2 Å². The lowest BCUT2D eigenvalue weighted by Gasteiger charge is -2.33. The van der Waals surface area contributed by atoms with Gasteiger partial charge in [-0.3, -0.25) is 4.68 Å². The van der Waals surface area contributed by atoms with Gasteiger partial charge in [0.15, 0.2) is 17.0 Å². The van der Waals surface area contributed by atoms with Crippen molar-refractivity contribution in [3.63, 3.8) is 0 Å². The monoisotopic (exact) mass is 510 g/mol. The molecule has 3 aromatic heterocycles. The second-order valence-corrected chi connectivity index (χ2v) is 10.3. The molecule has 0 bridgehead atoms. The summed E-state index contributed by atoms with van der Waals surface area (Å²) in [5.41, 5.74) is 2.43. The molecular formula is C25H42N12. The molecule has 1 saturated heterocycles. The van der Waals surface area contributed by atoms with Gasteiger partial charge in [0, 0.05) is 38.8 Å². The van der Waals surface area contributed by atoms with Crippen molar-refractivity contribution >= 4 is 22.9 Å². The zero-order valence-electron chi connectivity index (χ0n) is 22.1. The highest BCUT2D eigenvalue weighted by Gasteiger charge is 2.20. The molecule has 202 valence electrons. The summed E-state index contributed by atoms with van der Waals surface area (Å²) in [6.07, 6.45) is 12.8. The second-order valence-electron chi connectivity index (χ2n) is 10.3. The van der Waals surface area contributed by atoms with Crippen molar-refractivity contribution in [2.45, 2.75) is 64.1 Å². The van der Waals surface area contributed by atoms with E-state index >= 15 is 0 Å². The minimum atomic E-state index is 0.522. The van der Waals surface area contributed by atoms with Crippen molar-refractivity contribution in [3.05, 3.63) is 18.2 Å². The van der Waals surface area contributed by atoms with Gasteiger partial charge >= 0.3 is 0 Å². The summed E-state index contributed by atoms with van der Waals surface area (Å²) in [6.45, 7) is 8.41. The van der Waals surface area contributed by atoms with Gasteiger partial charge in [-0.2, -0.15) is 9.97 Å². The number of aryl methyl sites for hydroxylation is 1. The Kier molecular flexibility index (Phi) is 9.14. The van der Waals surface area contributed by atoms with Gasteiger partial charge in [0.05, 0.1) is 19.1 Å². The Hall–Kier alpha value is -2.83. The molecule has 1 saturated carbocycles. The van der Waals surface area contributed by atoms with Crippen LogP contribution in [0.4, 0.5) is 11.8 Å². The standard InChI is InChI=1S/C25H42N12/c1-35-13-15-36(16-14-35)24-22-23(30-19-29-22)31-25(32-24)28-17-21-18-37(34-33-21)12-6-10-26-9-5-11-27-20-7-3-2-4-8-20/h18-20,26-27H,2-17H2,1H3,(H2,28,29,30,31,32). The Bertz CT molecular complexity index is 1080. The van der Waals surface area contributed by atoms with E-state index in [0.29, 0.717) is 12.5 Å². The van der Waals surface area contributed by atoms with E-state index in [4.69, 9.17) is 4.98 Å². The van der Waals surface area contributed by atoms with Gasteiger partial charge in [-0.05, 0) is 52.4 Å². The van der Waals surface area contributed by atoms with Crippen molar-refractivity contribution in [2.75, 3.05) is 63.1 Å². The van der Waals surface area contributed by atoms with Gasteiger partial charge in [0.1, 0.15) is 5.69 Å². The Balaban J connectivity index is 1.02. The van der Waals surface area contributed by atoms with Crippen LogP contribution in [-0.4, -0.2) is 98.7 Å². The van der Waals surface area contributed by atoms with Gasteiger partial charge < -0.3 is 30.7 Å². The Morgan fingerprint density at radius 2 is 1.84 bits per heavy atom. The summed E-state index contributed by atoms with van der Waals surface area (Å²) in [4.78, 5) is 21.6. The summed E-state index contributed by atoms with van der Waals surface area (Å²) < 4.78 is 1.91. The third kappa shape index (κ3) is 7.36. The number of H-pyrrole nitrogens is 1. The quantitative estimate of drug-likeness (QED) is 0.252. The fourth-order valence-corrected chi connectivity index (χ4v) is 5.15. The number of anilines is 2. The van der Waals surface area contributed by atoms with Gasteiger partial charge in [-0.1, -0.05) is 24.5 Å². The maximum absolute atomic E-state index is 4.80. The Labute approximate surface area is 219 Å². The number of hydrogen-bond acceptors (Lipinski definition) is 10. The van der Waals surface area contributed by atoms with E-state index in [1.165, 1.54) is 38.5 Å². The molecule has 37 heavy (non-hydrogen) atoms. The summed E-state index contributed by atoms with van der Waals surface area (Å²) in [5, 5.41) is 19.2. The fourth-order valence-electron chi connectivity index (χ4n) is 5.15. The van der Waals surface area contributed by atoms with Crippen LogP contribution in [0.2, 0.25) is 0 Å². The summed E-state index contributed by atoms with van der Waals surface area (Å²) in [6, 6.07) is 0.753. The van der Waals surface area contributed by atoms with Crippen molar-refractivity contribution in [2.24, 2.45) is 0 Å². The highest BCUT2D eigenvalue weighted by Crippen LogP contribution is 2.24. The number of aromatic nitrogens is 7. The normalized spacial score (nSPS) is 17.6. The highest BCUT2D eigenvalue weighted by molar-refractivity contribution is 5.84. The first-order chi connectivity index (χ1) is 18.2. The number of likely N-dealkylation sites (N-methyl/N-ethyl adjacent to an activating group) is 1. The van der Waals surface area contributed by atoms with Crippen LogP contribution in [0.1, 0.15) is 50.6 Å². The molecule has 2 aliphatic rings. The molecule has 0 atom stereocenters. The van der Waals surface area contributed by atoms with E-state index in [-0.39, 0.29) is 0 Å². The van der Waals surface area contributed by atoms with Crippen LogP contribution >= 0.6 is 0 Å². The van der Waals surface area contributed by atoms with E-state index in [1.54, 1.807) is 6.33 Å². The maximum atomic E-state index is 4.80. The molecule has 12 nitrogen and oxygen atoms in total. The lowest BCUT2D eigenvalue weighted by molar-refractivity contribution is 0.312. The molecule has 1 aliphatic carbocycles. The van der Waals surface area contributed by atoms with Gasteiger partial charge in [-0.15, -0.1) is 5.10 Å². The Morgan fingerprint density at radius 1 is 1.00 bits per heavy atom. The molecule has 1 aliphatic heterocycles. The maximum Gasteiger partial charge on any atom is 0.227 e. The SMILES string of the molecule is CN1CCN(c2nc(NCc3cn(CCCNCCCNC4CCCCC4)nn3)nc3[nH]cnc23)CC1. The molecule has 0 amide bonds. The minimum absolute atomic E-state index is 0.522. The van der Waals surface area contributed by atoms with E-state index in [1.807, 2.05) is 10.9 Å². The molecule has 0 unspecified atom stereocenters. The fraction of sp³-hybridized carbons (Fsp3) is 0.720. The van der Waals surface area contributed by atoms with Crippen LogP contribution < -0.4 is 20.9 Å². The summed E-state index contributed by atoms with van der Waals surface area (Å²) >= 11 is 0. The number of hydrogen-bond donors (Lipinski definition) is 4. The average Bonchev–Trinajstić information content (AvgIpc) is 3.59. The minimum Gasteiger partial charge on any atom is -0.352 e. The van der Waals surface area contributed by atoms with Crippen LogP contribution in [0.3, 0.4) is 0 Å². The number of imidazole rings is 1. The number of aromatic amines is 1. The molecule has 2 fully saturated rings. The van der Waals surface area contributed by atoms with E-state index < -0.39 is 0 Å². The summed E-state index contributed by atoms with van der Waals surface area (Å²) in [7, 11) is 2.15. The zero-order valence-corrected chi connectivity index (χ0v) is 22.1. The lowest BCUT2D eigenvalue weighted by Crippen LogP contribution is -2.45. The van der Waals surface area contributed by atoms with Gasteiger partial charge in [-0.25, -0.2) is 4.98 Å². The topological polar surface area (TPSA) is 128 Å². The van der Waals surface area contributed by atoms with Crippen LogP contribution in [-0.2, 0) is 13.1 Å². The van der Waals surface area contributed by atoms with Crippen LogP contribution in [0.15, 0.2) is 12.5 Å². The van der Waals surface area contributed by atoms with Gasteiger partial charge in [0.2, 0.25) is 5.95 Å². The highest BCUT2D eigenvalue weighted by atomic mass is 15.4. The predicted molar refractivity (Wildman–Crippen MR) is 146 cm³/mol. The van der Waals surface area contributed by atoms with Crippen LogP contribution in [0, 0.1) is 0 Å². The first-order valence-electron chi connectivity index (χ1n) is 14.0. The first kappa shape index (κ1) is 25.8. The molecule has 0 spiro atoms. The molecule has 4 heterocycles. The number of fused-ring (bicyclic) bond motifs is 1. The first-order valence-corrected chi connectivity index (χ1v) is 14.0. The molecule has 12 heteroatoms. The van der Waals surface area contributed by atoms with E-state index in [0.717, 1.165) is 87.5 Å². The van der Waals surface area contributed by atoms with Crippen molar-refractivity contribution < 1.29 is 0 Å². The summed E-state index contributed by atoms with van der Waals surface area (Å²) in [5.74, 6) is 1.45. The van der Waals surface area contributed by atoms with Crippen LogP contribution in [0.5, 0.6) is 0 Å². The predicted octanol–water partition coefficient (Wildman–Crippen LogP) is 1.60. The van der Waals surface area contributed by atoms with Crippen molar-refractivity contribution in [1.82, 2.24) is 50.5 Å². The van der Waals surface area contributed by atoms with Crippen molar-refractivity contribution in [3.8, 4) is 0 Å². The number of nitrogens with zero attached hydrogens (tertiary/aromatic N) is 8. The Morgan fingerprint density at radius 3 is 2.70 bits per heavy atom. The molecule has 3 aromatic rings. The molecule has 0 aromatic carbocycles. The molecular weight excluding hydrogens is 468 g/mol. The van der Waals surface area contributed by atoms with Crippen molar-refractivity contribution in [1.29, 1.82) is 0 Å².